The van der Waals surface area contributed by atoms with E-state index in [1.165, 1.54) is 6.42 Å². The molecule has 1 saturated heterocycles. The molecule has 0 aromatic heterocycles. The molecule has 0 aromatic carbocycles. The minimum absolute atomic E-state index is 0.0383. The number of fused-ring (bicyclic) bond motifs is 3. The second kappa shape index (κ2) is 7.64. The lowest BCUT2D eigenvalue weighted by Gasteiger charge is -2.57. The van der Waals surface area contributed by atoms with Gasteiger partial charge in [-0.25, -0.2) is 0 Å². The number of hydrogen-bond donors (Lipinski definition) is 0. The Hall–Kier alpha value is -0.940. The van der Waals surface area contributed by atoms with Gasteiger partial charge in [0.2, 0.25) is 0 Å². The molecule has 0 radical (unpaired) electrons. The van der Waals surface area contributed by atoms with Crippen LogP contribution in [0.4, 0.5) is 0 Å². The van der Waals surface area contributed by atoms with E-state index in [0.717, 1.165) is 25.7 Å². The first-order valence-corrected chi connectivity index (χ1v) is 11.7. The quantitative estimate of drug-likeness (QED) is 0.514. The summed E-state index contributed by atoms with van der Waals surface area (Å²) in [5.74, 6) is 0.0989. The van der Waals surface area contributed by atoms with Crippen LogP contribution in [0, 0.1) is 40.9 Å². The third-order valence-corrected chi connectivity index (χ3v) is 8.41. The highest BCUT2D eigenvalue weighted by Gasteiger charge is 2.63. The van der Waals surface area contributed by atoms with Crippen molar-refractivity contribution in [3.05, 3.63) is 0 Å². The lowest BCUT2D eigenvalue weighted by molar-refractivity contribution is -0.366. The molecule has 1 spiro atoms. The van der Waals surface area contributed by atoms with Crippen molar-refractivity contribution in [3.63, 3.8) is 0 Å². The van der Waals surface area contributed by atoms with Crippen LogP contribution >= 0.6 is 0 Å². The molecule has 164 valence electrons. The number of Topliss-reactive ketones (excluding diaryl/α,β-unsaturated/α-hetero) is 1. The fourth-order valence-corrected chi connectivity index (χ4v) is 7.13. The van der Waals surface area contributed by atoms with Gasteiger partial charge >= 0.3 is 5.97 Å². The maximum atomic E-state index is 12.8. The molecule has 0 amide bonds. The van der Waals surface area contributed by atoms with E-state index in [1.807, 2.05) is 0 Å². The Morgan fingerprint density at radius 1 is 1.28 bits per heavy atom. The highest BCUT2D eigenvalue weighted by molar-refractivity contribution is 6.01. The fourth-order valence-electron chi connectivity index (χ4n) is 7.13. The summed E-state index contributed by atoms with van der Waals surface area (Å²) >= 11 is 0. The summed E-state index contributed by atoms with van der Waals surface area (Å²) in [7, 11) is 0. The zero-order chi connectivity index (χ0) is 21.0. The van der Waals surface area contributed by atoms with Gasteiger partial charge in [0.1, 0.15) is 11.7 Å². The van der Waals surface area contributed by atoms with E-state index in [4.69, 9.17) is 14.2 Å². The Morgan fingerprint density at radius 3 is 2.72 bits per heavy atom. The predicted molar refractivity (Wildman–Crippen MR) is 109 cm³/mol. The van der Waals surface area contributed by atoms with Crippen LogP contribution in [0.5, 0.6) is 0 Å². The topological polar surface area (TPSA) is 61.8 Å². The van der Waals surface area contributed by atoms with E-state index in [9.17, 15) is 9.59 Å². The van der Waals surface area contributed by atoms with Crippen molar-refractivity contribution in [1.29, 1.82) is 0 Å². The SMILES string of the molecule is CCOC(=O)C1C(=O)C[C@@]2(C)CC[C@@H]3O[C@@]4(C[C@@H](C)CC[C@@H]4C(C)C)OC[C@H]3[C@H]12. The molecule has 4 aliphatic rings. The van der Waals surface area contributed by atoms with Gasteiger partial charge in [0.25, 0.3) is 0 Å². The second-order valence-corrected chi connectivity index (χ2v) is 10.8. The lowest BCUT2D eigenvalue weighted by Crippen LogP contribution is -2.61. The lowest BCUT2D eigenvalue weighted by atomic mass is 9.60. The van der Waals surface area contributed by atoms with Gasteiger partial charge in [-0.1, -0.05) is 34.1 Å². The Balaban J connectivity index is 1.60. The standard InChI is InChI=1S/C24H38O5/c1-6-27-22(26)20-18(25)12-23(5)10-9-19-16(21(20)23)13-28-24(29-19)11-15(4)7-8-17(24)14(2)3/h14-17,19-21H,6-13H2,1-5H3/t15-,16+,17+,19-,20?,21+,23+,24+/m0/s1. The Labute approximate surface area is 175 Å². The van der Waals surface area contributed by atoms with Crippen LogP contribution < -0.4 is 0 Å². The highest BCUT2D eigenvalue weighted by atomic mass is 16.7. The third kappa shape index (κ3) is 3.46. The summed E-state index contributed by atoms with van der Waals surface area (Å²) in [6.07, 6.45) is 5.73. The molecule has 4 rings (SSSR count). The van der Waals surface area contributed by atoms with Gasteiger partial charge in [0.15, 0.2) is 5.79 Å². The predicted octanol–water partition coefficient (Wildman–Crippen LogP) is 4.37. The first-order valence-electron chi connectivity index (χ1n) is 11.7. The largest absolute Gasteiger partial charge is 0.465 e. The molecular formula is C24H38O5. The highest BCUT2D eigenvalue weighted by Crippen LogP contribution is 2.59. The molecule has 3 aliphatic carbocycles. The molecule has 4 fully saturated rings. The molecule has 29 heavy (non-hydrogen) atoms. The summed E-state index contributed by atoms with van der Waals surface area (Å²) in [5.41, 5.74) is -0.149. The van der Waals surface area contributed by atoms with Gasteiger partial charge in [-0.15, -0.1) is 0 Å². The normalized spacial score (nSPS) is 47.2. The molecule has 0 N–H and O–H groups in total. The van der Waals surface area contributed by atoms with Crippen LogP contribution in [0.3, 0.4) is 0 Å². The van der Waals surface area contributed by atoms with E-state index in [0.29, 0.717) is 37.4 Å². The average Bonchev–Trinajstić information content (AvgIpc) is 2.92. The van der Waals surface area contributed by atoms with E-state index >= 15 is 0 Å². The van der Waals surface area contributed by atoms with Gasteiger partial charge < -0.3 is 14.2 Å². The number of esters is 1. The number of ether oxygens (including phenoxy) is 3. The summed E-state index contributed by atoms with van der Waals surface area (Å²) < 4.78 is 18.8. The van der Waals surface area contributed by atoms with Gasteiger partial charge in [0.05, 0.1) is 19.3 Å². The summed E-state index contributed by atoms with van der Waals surface area (Å²) in [4.78, 5) is 25.5. The van der Waals surface area contributed by atoms with E-state index in [1.54, 1.807) is 6.92 Å². The van der Waals surface area contributed by atoms with Crippen LogP contribution in [0.1, 0.15) is 73.1 Å². The molecule has 5 heteroatoms. The minimum Gasteiger partial charge on any atom is -0.465 e. The van der Waals surface area contributed by atoms with Gasteiger partial charge in [-0.2, -0.15) is 0 Å². The van der Waals surface area contributed by atoms with Crippen LogP contribution in [0.25, 0.3) is 0 Å². The number of ketones is 1. The Morgan fingerprint density at radius 2 is 2.03 bits per heavy atom. The minimum atomic E-state index is -0.653. The summed E-state index contributed by atoms with van der Waals surface area (Å²) in [6.45, 7) is 11.7. The van der Waals surface area contributed by atoms with Gasteiger partial charge in [0, 0.05) is 24.7 Å². The molecule has 1 unspecified atom stereocenters. The monoisotopic (exact) mass is 406 g/mol. The van der Waals surface area contributed by atoms with E-state index < -0.39 is 11.7 Å². The second-order valence-electron chi connectivity index (χ2n) is 10.8. The first kappa shape index (κ1) is 21.3. The molecule has 1 aliphatic heterocycles. The van der Waals surface area contributed by atoms with Crippen molar-refractivity contribution in [2.24, 2.45) is 40.9 Å². The van der Waals surface area contributed by atoms with Crippen molar-refractivity contribution < 1.29 is 23.8 Å². The van der Waals surface area contributed by atoms with Crippen LogP contribution in [0.15, 0.2) is 0 Å². The van der Waals surface area contributed by atoms with Gasteiger partial charge in [-0.3, -0.25) is 9.59 Å². The van der Waals surface area contributed by atoms with Crippen molar-refractivity contribution in [2.75, 3.05) is 13.2 Å². The Kier molecular flexibility index (Phi) is 5.61. The Bertz CT molecular complexity index is 652. The first-order chi connectivity index (χ1) is 13.7. The van der Waals surface area contributed by atoms with E-state index in [-0.39, 0.29) is 35.1 Å². The average molecular weight is 407 g/mol. The van der Waals surface area contributed by atoms with Crippen LogP contribution in [0.2, 0.25) is 0 Å². The zero-order valence-electron chi connectivity index (χ0n) is 18.7. The van der Waals surface area contributed by atoms with Crippen LogP contribution in [-0.4, -0.2) is 36.9 Å². The molecule has 5 nitrogen and oxygen atoms in total. The number of hydrogen-bond acceptors (Lipinski definition) is 5. The van der Waals surface area contributed by atoms with Crippen molar-refractivity contribution in [2.45, 2.75) is 85.0 Å². The number of rotatable bonds is 3. The fraction of sp³-hybridized carbons (Fsp3) is 0.917. The molecule has 0 aromatic rings. The summed E-state index contributed by atoms with van der Waals surface area (Å²) in [6, 6.07) is 0. The van der Waals surface area contributed by atoms with Crippen LogP contribution in [-0.2, 0) is 23.8 Å². The molecule has 1 heterocycles. The maximum absolute atomic E-state index is 12.8. The molecule has 8 atom stereocenters. The zero-order valence-corrected chi connectivity index (χ0v) is 18.7. The number of carbonyl (C=O) groups excluding carboxylic acids is 2. The molecular weight excluding hydrogens is 368 g/mol. The molecule has 0 bridgehead atoms. The van der Waals surface area contributed by atoms with Gasteiger partial charge in [-0.05, 0) is 49.4 Å². The maximum Gasteiger partial charge on any atom is 0.316 e. The summed E-state index contributed by atoms with van der Waals surface area (Å²) in [5, 5.41) is 0. The molecule has 3 saturated carbocycles. The van der Waals surface area contributed by atoms with Crippen molar-refractivity contribution >= 4 is 11.8 Å². The third-order valence-electron chi connectivity index (χ3n) is 8.41. The smallest absolute Gasteiger partial charge is 0.316 e. The number of carbonyl (C=O) groups is 2. The van der Waals surface area contributed by atoms with E-state index in [2.05, 4.69) is 27.7 Å². The van der Waals surface area contributed by atoms with Crippen molar-refractivity contribution in [1.82, 2.24) is 0 Å². The van der Waals surface area contributed by atoms with Crippen molar-refractivity contribution in [3.8, 4) is 0 Å².